The molecule has 0 aliphatic rings. The third-order valence-corrected chi connectivity index (χ3v) is 8.67. The van der Waals surface area contributed by atoms with E-state index in [4.69, 9.17) is 27.9 Å². The van der Waals surface area contributed by atoms with Gasteiger partial charge in [0.05, 0.1) is 44.4 Å². The molecule has 0 fully saturated rings. The molecular weight excluding hydrogens is 785 g/mol. The molecule has 0 saturated carbocycles. The van der Waals surface area contributed by atoms with Crippen LogP contribution in [0.15, 0.2) is 84.8 Å². The fraction of sp³-hybridized carbons (Fsp3) is 0.160. The molecule has 2 N–H and O–H groups in total. The summed E-state index contributed by atoms with van der Waals surface area (Å²) in [5, 5.41) is 18.2. The van der Waals surface area contributed by atoms with Crippen LogP contribution in [0.25, 0.3) is 0 Å². The second kappa shape index (κ2) is 18.5. The van der Waals surface area contributed by atoms with Crippen LogP contribution in [-0.4, -0.2) is 66.2 Å². The molecule has 0 bridgehead atoms. The number of ether oxygens (including phenoxy) is 1. The molecule has 1 heterocycles. The summed E-state index contributed by atoms with van der Waals surface area (Å²) >= 11 is 11.7. The van der Waals surface area contributed by atoms with Crippen molar-refractivity contribution in [1.82, 2.24) is 15.0 Å². The zero-order chi connectivity index (χ0) is 35.3. The summed E-state index contributed by atoms with van der Waals surface area (Å²) in [6.07, 6.45) is -0.145. The van der Waals surface area contributed by atoms with Gasteiger partial charge in [0, 0.05) is 11.8 Å². The quantitative estimate of drug-likeness (QED) is 0.0749. The predicted molar refractivity (Wildman–Crippen MR) is 168 cm³/mol. The molecule has 18 nitrogen and oxygen atoms in total. The SMILES string of the molecule is Cc1cc(Nc2nc(Cl)nc(Cl)n2)c(OCCCS(=O)(=O)[O-])cc1N=Nc1ccc(N=Nc2ccc(S(=O)(=O)[O-])cc2)cc1S(=O)(=O)O.[Na+].[Na+]. The van der Waals surface area contributed by atoms with Crippen molar-refractivity contribution >= 4 is 87.9 Å². The van der Waals surface area contributed by atoms with E-state index in [0.717, 1.165) is 18.2 Å². The van der Waals surface area contributed by atoms with Gasteiger partial charge in [0.2, 0.25) is 16.5 Å². The molecule has 3 aromatic carbocycles. The molecule has 0 saturated heterocycles. The first kappa shape index (κ1) is 43.9. The van der Waals surface area contributed by atoms with Gasteiger partial charge in [-0.25, -0.2) is 16.8 Å². The van der Waals surface area contributed by atoms with Gasteiger partial charge in [0.15, 0.2) is 0 Å². The second-order valence-corrected chi connectivity index (χ2v) is 14.4. The Morgan fingerprint density at radius 2 is 1.38 bits per heavy atom. The van der Waals surface area contributed by atoms with E-state index in [-0.39, 0.29) is 123 Å². The summed E-state index contributed by atoms with van der Waals surface area (Å²) in [6.45, 7) is 1.41. The van der Waals surface area contributed by atoms with Crippen molar-refractivity contribution in [2.45, 2.75) is 23.1 Å². The average molecular weight is 806 g/mol. The van der Waals surface area contributed by atoms with E-state index < -0.39 is 45.9 Å². The van der Waals surface area contributed by atoms with Crippen LogP contribution in [0.4, 0.5) is 34.4 Å². The number of hydrogen-bond acceptors (Lipinski definition) is 17. The Bertz CT molecular complexity index is 2230. The summed E-state index contributed by atoms with van der Waals surface area (Å²) in [7, 11) is -14.0. The number of aryl methyl sites for hydroxylation is 1. The minimum absolute atomic E-state index is 0. The molecule has 0 atom stereocenters. The molecule has 0 aliphatic carbocycles. The minimum atomic E-state index is -4.87. The third kappa shape index (κ3) is 13.4. The Morgan fingerprint density at radius 1 is 0.800 bits per heavy atom. The van der Waals surface area contributed by atoms with E-state index in [9.17, 15) is 38.9 Å². The Kier molecular flexibility index (Phi) is 16.3. The average Bonchev–Trinajstić information content (AvgIpc) is 2.97. The van der Waals surface area contributed by atoms with Crippen molar-refractivity contribution in [2.24, 2.45) is 20.5 Å². The van der Waals surface area contributed by atoms with Gasteiger partial charge in [-0.05, 0) is 90.6 Å². The van der Waals surface area contributed by atoms with Crippen LogP contribution in [0.1, 0.15) is 12.0 Å². The largest absolute Gasteiger partial charge is 1.00 e. The van der Waals surface area contributed by atoms with E-state index in [2.05, 4.69) is 40.7 Å². The molecule has 0 aliphatic heterocycles. The first-order valence-corrected chi connectivity index (χ1v) is 18.1. The summed E-state index contributed by atoms with van der Waals surface area (Å²) in [6, 6.07) is 10.8. The molecule has 50 heavy (non-hydrogen) atoms. The maximum atomic E-state index is 12.2. The van der Waals surface area contributed by atoms with Crippen LogP contribution in [0.3, 0.4) is 0 Å². The van der Waals surface area contributed by atoms with Crippen molar-refractivity contribution in [3.05, 3.63) is 70.7 Å². The first-order chi connectivity index (χ1) is 22.4. The topological polar surface area (TPSA) is 278 Å². The van der Waals surface area contributed by atoms with Gasteiger partial charge in [-0.2, -0.15) is 38.7 Å². The monoisotopic (exact) mass is 804 g/mol. The summed E-state index contributed by atoms with van der Waals surface area (Å²) in [5.74, 6) is -0.681. The molecular formula is C25H20Cl2N8Na2O10S3. The molecule has 1 aromatic heterocycles. The summed E-state index contributed by atoms with van der Waals surface area (Å²) in [5.41, 5.74) is 0.655. The fourth-order valence-corrected chi connectivity index (χ4v) is 5.63. The van der Waals surface area contributed by atoms with Crippen LogP contribution in [0.5, 0.6) is 5.75 Å². The molecule has 0 radical (unpaired) electrons. The molecule has 0 unspecified atom stereocenters. The van der Waals surface area contributed by atoms with Crippen LogP contribution in [0, 0.1) is 6.92 Å². The van der Waals surface area contributed by atoms with Crippen LogP contribution < -0.4 is 69.2 Å². The zero-order valence-electron chi connectivity index (χ0n) is 26.1. The standard InChI is InChI=1S/C25H22Cl2N8O10S3.2Na/c1-14-11-20(28-25-30-23(26)29-24(27)31-25)21(45-9-2-10-46(36,37)38)13-19(14)35-34-18-8-5-16(12-22(18)48(42,43)44)33-32-15-3-6-17(7-4-15)47(39,40)41;;/h3-8,11-13H,2,9-10H2,1H3,(H,36,37,38)(H,39,40,41)(H,42,43,44)(H,28,29,30,31);;/q;2*+1/p-2. The Morgan fingerprint density at radius 3 is 1.96 bits per heavy atom. The smallest absolute Gasteiger partial charge is 0.748 e. The van der Waals surface area contributed by atoms with E-state index in [1.54, 1.807) is 6.92 Å². The van der Waals surface area contributed by atoms with Gasteiger partial charge < -0.3 is 19.2 Å². The number of hydrogen-bond donors (Lipinski definition) is 2. The van der Waals surface area contributed by atoms with Crippen molar-refractivity contribution in [2.75, 3.05) is 17.7 Å². The number of rotatable bonds is 13. The summed E-state index contributed by atoms with van der Waals surface area (Å²) < 4.78 is 106. The maximum Gasteiger partial charge on any atom is 1.00 e. The van der Waals surface area contributed by atoms with Crippen molar-refractivity contribution in [1.29, 1.82) is 0 Å². The van der Waals surface area contributed by atoms with Crippen LogP contribution in [-0.2, 0) is 30.4 Å². The maximum absolute atomic E-state index is 12.2. The van der Waals surface area contributed by atoms with Crippen molar-refractivity contribution in [3.8, 4) is 5.75 Å². The number of halogens is 2. The molecule has 0 spiro atoms. The van der Waals surface area contributed by atoms with Gasteiger partial charge in [0.1, 0.15) is 26.5 Å². The fourth-order valence-electron chi connectivity index (χ4n) is 3.68. The van der Waals surface area contributed by atoms with Crippen molar-refractivity contribution in [3.63, 3.8) is 0 Å². The Hall–Kier alpha value is -2.22. The van der Waals surface area contributed by atoms with Crippen LogP contribution >= 0.6 is 23.2 Å². The number of benzene rings is 3. The van der Waals surface area contributed by atoms with Crippen LogP contribution in [0.2, 0.25) is 10.6 Å². The second-order valence-electron chi connectivity index (χ2n) is 9.40. The van der Waals surface area contributed by atoms with E-state index in [0.29, 0.717) is 5.56 Å². The van der Waals surface area contributed by atoms with E-state index in [1.807, 2.05) is 0 Å². The van der Waals surface area contributed by atoms with Gasteiger partial charge in [0.25, 0.3) is 10.1 Å². The van der Waals surface area contributed by atoms with Gasteiger partial charge in [-0.15, -0.1) is 5.11 Å². The minimum Gasteiger partial charge on any atom is -0.748 e. The van der Waals surface area contributed by atoms with Gasteiger partial charge >= 0.3 is 59.1 Å². The zero-order valence-corrected chi connectivity index (χ0v) is 34.0. The van der Waals surface area contributed by atoms with E-state index >= 15 is 0 Å². The number of azo groups is 2. The van der Waals surface area contributed by atoms with Crippen molar-refractivity contribution < 1.29 is 103 Å². The molecule has 4 rings (SSSR count). The number of nitrogens with one attached hydrogen (secondary N) is 1. The third-order valence-electron chi connectivity index (χ3n) is 5.81. The van der Waals surface area contributed by atoms with Gasteiger partial charge in [-0.1, -0.05) is 0 Å². The number of aromatic nitrogens is 3. The summed E-state index contributed by atoms with van der Waals surface area (Å²) in [4.78, 5) is 10.3. The molecule has 4 aromatic rings. The first-order valence-electron chi connectivity index (χ1n) is 12.9. The Labute approximate surface area is 340 Å². The Balaban J connectivity index is 0.00000433. The molecule has 25 heteroatoms. The number of anilines is 2. The number of nitrogens with zero attached hydrogens (tertiary/aromatic N) is 7. The molecule has 0 amide bonds. The van der Waals surface area contributed by atoms with Gasteiger partial charge in [-0.3, -0.25) is 4.55 Å². The van der Waals surface area contributed by atoms with E-state index in [1.165, 1.54) is 36.4 Å². The predicted octanol–water partition coefficient (Wildman–Crippen LogP) is -0.466. The molecule has 254 valence electrons. The normalized spacial score (nSPS) is 12.0.